The van der Waals surface area contributed by atoms with E-state index in [0.717, 1.165) is 11.5 Å². The number of methoxy groups -OCH3 is 1. The monoisotopic (exact) mass is 529 g/mol. The van der Waals surface area contributed by atoms with Gasteiger partial charge >= 0.3 is 0 Å². The fourth-order valence-electron chi connectivity index (χ4n) is 3.66. The Bertz CT molecular complexity index is 1580. The second-order valence-electron chi connectivity index (χ2n) is 8.28. The third-order valence-electron chi connectivity index (χ3n) is 5.20. The molecule has 12 heteroatoms. The first-order valence-corrected chi connectivity index (χ1v) is 12.9. The molecule has 4 rings (SSSR count). The molecule has 0 bridgehead atoms. The number of nitrogens with two attached hydrogens (primary N) is 1. The zero-order chi connectivity index (χ0) is 26.2. The predicted molar refractivity (Wildman–Crippen MR) is 141 cm³/mol. The average molecular weight is 530 g/mol. The Morgan fingerprint density at radius 1 is 1.11 bits per heavy atom. The molecule has 188 valence electrons. The second-order valence-corrected chi connectivity index (χ2v) is 10.6. The number of fused-ring (bicyclic) bond motifs is 1. The van der Waals surface area contributed by atoms with E-state index in [-0.39, 0.29) is 23.6 Å². The lowest BCUT2D eigenvalue weighted by Crippen LogP contribution is -2.16. The Hall–Kier alpha value is -3.56. The maximum atomic E-state index is 14.4. The van der Waals surface area contributed by atoms with Crippen LogP contribution in [0.4, 0.5) is 16.0 Å². The number of pyridine rings is 1. The molecule has 0 amide bonds. The summed E-state index contributed by atoms with van der Waals surface area (Å²) in [5.41, 5.74) is 8.34. The molecular weight excluding hydrogens is 504 g/mol. The van der Waals surface area contributed by atoms with Crippen LogP contribution in [0.2, 0.25) is 0 Å². The number of anilines is 2. The number of nitrogens with zero attached hydrogens (tertiary/aromatic N) is 3. The second kappa shape index (κ2) is 9.83. The Balaban J connectivity index is 1.84. The van der Waals surface area contributed by atoms with Crippen LogP contribution in [0.25, 0.3) is 22.0 Å². The highest BCUT2D eigenvalue weighted by Crippen LogP contribution is 2.36. The minimum atomic E-state index is -4.28. The van der Waals surface area contributed by atoms with E-state index in [4.69, 9.17) is 15.2 Å². The number of hydrogen-bond donors (Lipinski definition) is 2. The van der Waals surface area contributed by atoms with E-state index >= 15 is 0 Å². The Morgan fingerprint density at radius 2 is 1.86 bits per heavy atom. The molecule has 36 heavy (non-hydrogen) atoms. The summed E-state index contributed by atoms with van der Waals surface area (Å²) >= 11 is 0. The lowest BCUT2D eigenvalue weighted by Gasteiger charge is -2.16. The van der Waals surface area contributed by atoms with E-state index in [1.807, 2.05) is 26.8 Å². The highest BCUT2D eigenvalue weighted by molar-refractivity contribution is 7.92. The van der Waals surface area contributed by atoms with Crippen molar-refractivity contribution in [1.29, 1.82) is 0 Å². The molecule has 3 N–H and O–H groups in total. The van der Waals surface area contributed by atoms with Crippen molar-refractivity contribution in [3.8, 4) is 22.8 Å². The molecule has 0 aliphatic rings. The Morgan fingerprint density at radius 3 is 2.53 bits per heavy atom. The molecule has 1 unspecified atom stereocenters. The molecule has 0 saturated heterocycles. The van der Waals surface area contributed by atoms with Gasteiger partial charge in [0.05, 0.1) is 18.9 Å². The lowest BCUT2D eigenvalue weighted by molar-refractivity contribution is 0.245. The molecule has 0 saturated carbocycles. The minimum absolute atomic E-state index is 0.0251. The summed E-state index contributed by atoms with van der Waals surface area (Å²) < 4.78 is 54.0. The van der Waals surface area contributed by atoms with Gasteiger partial charge in [-0.15, -0.1) is 9.24 Å². The number of halogens is 1. The zero-order valence-corrected chi connectivity index (χ0v) is 22.0. The maximum Gasteiger partial charge on any atom is 0.264 e. The summed E-state index contributed by atoms with van der Waals surface area (Å²) in [6.45, 7) is 5.59. The van der Waals surface area contributed by atoms with Crippen LogP contribution >= 0.6 is 9.24 Å². The predicted octanol–water partition coefficient (Wildman–Crippen LogP) is 3.82. The van der Waals surface area contributed by atoms with Crippen molar-refractivity contribution in [3.05, 3.63) is 54.1 Å². The first-order chi connectivity index (χ1) is 17.0. The van der Waals surface area contributed by atoms with Gasteiger partial charge in [0.25, 0.3) is 10.0 Å². The third kappa shape index (κ3) is 5.17. The quantitative estimate of drug-likeness (QED) is 0.346. The van der Waals surface area contributed by atoms with E-state index in [2.05, 4.69) is 28.9 Å². The summed E-state index contributed by atoms with van der Waals surface area (Å²) in [5, 5.41) is 1.24. The largest absolute Gasteiger partial charge is 0.489 e. The maximum absolute atomic E-state index is 14.4. The smallest absolute Gasteiger partial charge is 0.264 e. The fraction of sp³-hybridized carbons (Fsp3) is 0.208. The van der Waals surface area contributed by atoms with Crippen molar-refractivity contribution in [3.63, 3.8) is 0 Å². The first-order valence-electron chi connectivity index (χ1n) is 10.8. The number of hydrogen-bond acceptors (Lipinski definition) is 8. The molecule has 0 aliphatic heterocycles. The normalized spacial score (nSPS) is 11.6. The molecular formula is C24H25FN5O4PS. The van der Waals surface area contributed by atoms with Crippen LogP contribution in [-0.4, -0.2) is 36.6 Å². The minimum Gasteiger partial charge on any atom is -0.489 e. The average Bonchev–Trinajstić information content (AvgIpc) is 2.78. The topological polar surface area (TPSA) is 129 Å². The number of nitrogens with one attached hydrogen (secondary N) is 1. The van der Waals surface area contributed by atoms with E-state index in [0.29, 0.717) is 33.4 Å². The van der Waals surface area contributed by atoms with Crippen molar-refractivity contribution in [2.75, 3.05) is 17.6 Å². The van der Waals surface area contributed by atoms with Crippen molar-refractivity contribution in [2.45, 2.75) is 31.8 Å². The molecule has 2 heterocycles. The highest BCUT2D eigenvalue weighted by atomic mass is 32.2. The first kappa shape index (κ1) is 25.5. The zero-order valence-electron chi connectivity index (χ0n) is 20.0. The van der Waals surface area contributed by atoms with E-state index in [1.54, 1.807) is 12.1 Å². The summed E-state index contributed by atoms with van der Waals surface area (Å²) in [6.07, 6.45) is 1.40. The van der Waals surface area contributed by atoms with Gasteiger partial charge < -0.3 is 15.2 Å². The van der Waals surface area contributed by atoms with Crippen molar-refractivity contribution in [2.24, 2.45) is 0 Å². The van der Waals surface area contributed by atoms with Crippen LogP contribution in [-0.2, 0) is 10.0 Å². The van der Waals surface area contributed by atoms with Gasteiger partial charge in [-0.05, 0) is 62.0 Å². The molecule has 0 radical (unpaired) electrons. The van der Waals surface area contributed by atoms with Crippen LogP contribution in [0, 0.1) is 12.7 Å². The number of ether oxygens (including phenoxy) is 2. The van der Waals surface area contributed by atoms with Gasteiger partial charge in [0, 0.05) is 17.1 Å². The van der Waals surface area contributed by atoms with Gasteiger partial charge in [-0.1, -0.05) is 6.07 Å². The molecule has 1 atom stereocenters. The summed E-state index contributed by atoms with van der Waals surface area (Å²) in [7, 11) is -0.598. The van der Waals surface area contributed by atoms with Crippen LogP contribution < -0.4 is 25.2 Å². The van der Waals surface area contributed by atoms with E-state index < -0.39 is 20.7 Å². The van der Waals surface area contributed by atoms with E-state index in [9.17, 15) is 12.8 Å². The van der Waals surface area contributed by atoms with Gasteiger partial charge in [-0.25, -0.2) is 27.8 Å². The summed E-state index contributed by atoms with van der Waals surface area (Å²) in [5.74, 6) is -0.228. The molecule has 4 aromatic rings. The summed E-state index contributed by atoms with van der Waals surface area (Å²) in [4.78, 5) is 12.3. The molecule has 0 spiro atoms. The highest BCUT2D eigenvalue weighted by Gasteiger charge is 2.22. The van der Waals surface area contributed by atoms with Gasteiger partial charge in [0.15, 0.2) is 0 Å². The fourth-order valence-corrected chi connectivity index (χ4v) is 5.01. The number of benzene rings is 2. The number of sulfonamides is 1. The number of nitrogen functional groups attached to an aromatic ring is 1. The van der Waals surface area contributed by atoms with Gasteiger partial charge in [0.1, 0.15) is 27.7 Å². The van der Waals surface area contributed by atoms with Crippen molar-refractivity contribution < 1.29 is 22.3 Å². The number of rotatable bonds is 7. The third-order valence-corrected chi connectivity index (χ3v) is 6.96. The molecule has 2 aromatic heterocycles. The lowest BCUT2D eigenvalue weighted by atomic mass is 10.0. The van der Waals surface area contributed by atoms with Gasteiger partial charge in [-0.2, -0.15) is 0 Å². The molecule has 2 aromatic carbocycles. The standard InChI is InChI=1S/C24H25FN5O4PS/c1-12(2)34-20-9-14(7-17-13(3)28-24(26)29-22(17)20)15-8-19(23(33-4)27-11-15)30-36(31,32)21-6-5-16(35)10-18(21)25/h5-12,30H,35H2,1-4H3,(H2,26,28,29). The summed E-state index contributed by atoms with van der Waals surface area (Å²) in [6, 6.07) is 8.96. The molecule has 0 aliphatic carbocycles. The number of aryl methyl sites for hydroxylation is 1. The SMILES string of the molecule is COc1ncc(-c2cc(OC(C)C)c3nc(N)nc(C)c3c2)cc1NS(=O)(=O)c1ccc(P)cc1F. The molecule has 9 nitrogen and oxygen atoms in total. The number of aromatic nitrogens is 3. The van der Waals surface area contributed by atoms with Crippen molar-refractivity contribution >= 4 is 47.1 Å². The van der Waals surface area contributed by atoms with Crippen LogP contribution in [0.3, 0.4) is 0 Å². The van der Waals surface area contributed by atoms with E-state index in [1.165, 1.54) is 25.4 Å². The van der Waals surface area contributed by atoms with Gasteiger partial charge in [0.2, 0.25) is 11.8 Å². The van der Waals surface area contributed by atoms with Crippen molar-refractivity contribution in [1.82, 2.24) is 15.0 Å². The van der Waals surface area contributed by atoms with Crippen LogP contribution in [0.15, 0.2) is 47.5 Å². The van der Waals surface area contributed by atoms with Crippen LogP contribution in [0.1, 0.15) is 19.5 Å². The Labute approximate surface area is 210 Å². The van der Waals surface area contributed by atoms with Gasteiger partial charge in [-0.3, -0.25) is 4.72 Å². The van der Waals surface area contributed by atoms with Crippen LogP contribution in [0.5, 0.6) is 11.6 Å². The Kier molecular flexibility index (Phi) is 6.97. The molecule has 0 fully saturated rings.